The molecule has 6 heteroatoms. The zero-order valence-corrected chi connectivity index (χ0v) is 14.4. The van der Waals surface area contributed by atoms with E-state index in [1.807, 2.05) is 12.1 Å². The summed E-state index contributed by atoms with van der Waals surface area (Å²) in [5, 5.41) is 4.03. The van der Waals surface area contributed by atoms with Crippen LogP contribution in [0.4, 0.5) is 16.0 Å². The van der Waals surface area contributed by atoms with Gasteiger partial charge in [0.25, 0.3) is 0 Å². The fraction of sp³-hybridized carbons (Fsp3) is 0.222. The van der Waals surface area contributed by atoms with E-state index < -0.39 is 5.82 Å². The highest BCUT2D eigenvalue weighted by Crippen LogP contribution is 2.33. The maximum Gasteiger partial charge on any atom is 0.227 e. The van der Waals surface area contributed by atoms with Gasteiger partial charge in [0.05, 0.1) is 17.6 Å². The van der Waals surface area contributed by atoms with Gasteiger partial charge in [0, 0.05) is 22.8 Å². The maximum atomic E-state index is 13.3. The molecule has 124 valence electrons. The Morgan fingerprint density at radius 1 is 1.21 bits per heavy atom. The first-order valence-corrected chi connectivity index (χ1v) is 7.93. The fourth-order valence-corrected chi connectivity index (χ4v) is 2.78. The highest BCUT2D eigenvalue weighted by molar-refractivity contribution is 6.31. The van der Waals surface area contributed by atoms with E-state index in [1.54, 1.807) is 19.4 Å². The van der Waals surface area contributed by atoms with Crippen LogP contribution in [-0.2, 0) is 0 Å². The lowest BCUT2D eigenvalue weighted by atomic mass is 9.99. The summed E-state index contributed by atoms with van der Waals surface area (Å²) in [6, 6.07) is 8.24. The predicted molar refractivity (Wildman–Crippen MR) is 94.9 cm³/mol. The van der Waals surface area contributed by atoms with Crippen LogP contribution >= 0.6 is 11.6 Å². The van der Waals surface area contributed by atoms with Crippen LogP contribution in [0.15, 0.2) is 36.5 Å². The first-order chi connectivity index (χ1) is 11.5. The van der Waals surface area contributed by atoms with Gasteiger partial charge in [-0.1, -0.05) is 25.4 Å². The van der Waals surface area contributed by atoms with Crippen molar-refractivity contribution in [3.05, 3.63) is 52.9 Å². The Morgan fingerprint density at radius 3 is 2.67 bits per heavy atom. The second-order valence-corrected chi connectivity index (χ2v) is 6.13. The van der Waals surface area contributed by atoms with Crippen LogP contribution < -0.4 is 10.1 Å². The summed E-state index contributed by atoms with van der Waals surface area (Å²) in [4.78, 5) is 8.92. The monoisotopic (exact) mass is 345 g/mol. The Labute approximate surface area is 144 Å². The van der Waals surface area contributed by atoms with Crippen LogP contribution in [-0.4, -0.2) is 17.1 Å². The molecule has 1 heterocycles. The second kappa shape index (κ2) is 6.61. The average Bonchev–Trinajstić information content (AvgIpc) is 2.56. The lowest BCUT2D eigenvalue weighted by Crippen LogP contribution is -2.01. The Hall–Kier alpha value is -2.40. The number of aromatic nitrogens is 2. The van der Waals surface area contributed by atoms with E-state index in [4.69, 9.17) is 16.3 Å². The van der Waals surface area contributed by atoms with E-state index in [2.05, 4.69) is 29.1 Å². The SMILES string of the molecule is COc1ccc2cnc(Nc3ccc(F)c(Cl)c3)nc2c1C(C)C. The Morgan fingerprint density at radius 2 is 2.00 bits per heavy atom. The van der Waals surface area contributed by atoms with E-state index in [9.17, 15) is 4.39 Å². The molecular formula is C18H17ClFN3O. The molecule has 2 aromatic carbocycles. The summed E-state index contributed by atoms with van der Waals surface area (Å²) in [5.41, 5.74) is 2.47. The number of nitrogens with zero attached hydrogens (tertiary/aromatic N) is 2. The minimum absolute atomic E-state index is 0.0466. The second-order valence-electron chi connectivity index (χ2n) is 5.72. The third kappa shape index (κ3) is 3.12. The summed E-state index contributed by atoms with van der Waals surface area (Å²) >= 11 is 5.81. The smallest absolute Gasteiger partial charge is 0.227 e. The van der Waals surface area contributed by atoms with Crippen molar-refractivity contribution in [1.29, 1.82) is 0 Å². The normalized spacial score (nSPS) is 11.1. The van der Waals surface area contributed by atoms with Crippen LogP contribution in [0, 0.1) is 5.82 Å². The average molecular weight is 346 g/mol. The van der Waals surface area contributed by atoms with E-state index in [0.717, 1.165) is 22.2 Å². The number of ether oxygens (including phenoxy) is 1. The van der Waals surface area contributed by atoms with Crippen molar-refractivity contribution in [2.24, 2.45) is 0 Å². The number of rotatable bonds is 4. The molecule has 0 fully saturated rings. The van der Waals surface area contributed by atoms with Crippen LogP contribution in [0.25, 0.3) is 10.9 Å². The lowest BCUT2D eigenvalue weighted by molar-refractivity contribution is 0.408. The quantitative estimate of drug-likeness (QED) is 0.697. The van der Waals surface area contributed by atoms with Gasteiger partial charge in [-0.05, 0) is 36.2 Å². The van der Waals surface area contributed by atoms with Gasteiger partial charge in [-0.2, -0.15) is 0 Å². The number of hydrogen-bond acceptors (Lipinski definition) is 4. The summed E-state index contributed by atoms with van der Waals surface area (Å²) in [6.07, 6.45) is 1.75. The number of benzene rings is 2. The Bertz CT molecular complexity index is 899. The molecule has 0 aliphatic carbocycles. The summed E-state index contributed by atoms with van der Waals surface area (Å²) in [5.74, 6) is 0.993. The molecule has 0 radical (unpaired) electrons. The van der Waals surface area contributed by atoms with Gasteiger partial charge in [0.1, 0.15) is 11.6 Å². The first-order valence-electron chi connectivity index (χ1n) is 7.55. The molecule has 0 saturated carbocycles. The van der Waals surface area contributed by atoms with Crippen molar-refractivity contribution in [2.75, 3.05) is 12.4 Å². The van der Waals surface area contributed by atoms with Crippen molar-refractivity contribution in [3.63, 3.8) is 0 Å². The highest BCUT2D eigenvalue weighted by Gasteiger charge is 2.14. The number of anilines is 2. The van der Waals surface area contributed by atoms with Gasteiger partial charge in [0.15, 0.2) is 0 Å². The van der Waals surface area contributed by atoms with Gasteiger partial charge in [-0.25, -0.2) is 14.4 Å². The van der Waals surface area contributed by atoms with Gasteiger partial charge < -0.3 is 10.1 Å². The van der Waals surface area contributed by atoms with Crippen molar-refractivity contribution < 1.29 is 9.13 Å². The molecular weight excluding hydrogens is 329 g/mol. The number of methoxy groups -OCH3 is 1. The Kier molecular flexibility index (Phi) is 4.53. The summed E-state index contributed by atoms with van der Waals surface area (Å²) in [7, 11) is 1.65. The van der Waals surface area contributed by atoms with E-state index in [-0.39, 0.29) is 10.9 Å². The number of nitrogens with one attached hydrogen (secondary N) is 1. The van der Waals surface area contributed by atoms with E-state index >= 15 is 0 Å². The molecule has 0 bridgehead atoms. The summed E-state index contributed by atoms with van der Waals surface area (Å²) < 4.78 is 18.7. The highest BCUT2D eigenvalue weighted by atomic mass is 35.5. The van der Waals surface area contributed by atoms with Crippen LogP contribution in [0.1, 0.15) is 25.3 Å². The molecule has 0 spiro atoms. The maximum absolute atomic E-state index is 13.3. The fourth-order valence-electron chi connectivity index (χ4n) is 2.60. The minimum atomic E-state index is -0.464. The molecule has 0 atom stereocenters. The van der Waals surface area contributed by atoms with Gasteiger partial charge in [-0.15, -0.1) is 0 Å². The number of hydrogen-bond donors (Lipinski definition) is 1. The topological polar surface area (TPSA) is 47.0 Å². The van der Waals surface area contributed by atoms with Gasteiger partial charge in [0.2, 0.25) is 5.95 Å². The summed E-state index contributed by atoms with van der Waals surface area (Å²) in [6.45, 7) is 4.18. The molecule has 1 aromatic heterocycles. The Balaban J connectivity index is 2.06. The molecule has 0 unspecified atom stereocenters. The van der Waals surface area contributed by atoms with Crippen LogP contribution in [0.3, 0.4) is 0 Å². The minimum Gasteiger partial charge on any atom is -0.496 e. The molecule has 24 heavy (non-hydrogen) atoms. The molecule has 1 N–H and O–H groups in total. The largest absolute Gasteiger partial charge is 0.496 e. The predicted octanol–water partition coefficient (Wildman–Crippen LogP) is 5.30. The third-order valence-corrected chi connectivity index (χ3v) is 4.01. The first kappa shape index (κ1) is 16.5. The van der Waals surface area contributed by atoms with Crippen LogP contribution in [0.2, 0.25) is 5.02 Å². The lowest BCUT2D eigenvalue weighted by Gasteiger charge is -2.15. The van der Waals surface area contributed by atoms with Crippen molar-refractivity contribution >= 4 is 34.1 Å². The molecule has 3 aromatic rings. The van der Waals surface area contributed by atoms with Gasteiger partial charge in [-0.3, -0.25) is 0 Å². The standard InChI is InChI=1S/C18H17ClFN3O/c1-10(2)16-15(24-3)7-4-11-9-21-18(23-17(11)16)22-12-5-6-14(20)13(19)8-12/h4-10H,1-3H3,(H,21,22,23). The van der Waals surface area contributed by atoms with Crippen molar-refractivity contribution in [2.45, 2.75) is 19.8 Å². The third-order valence-electron chi connectivity index (χ3n) is 3.72. The zero-order chi connectivity index (χ0) is 17.3. The molecule has 4 nitrogen and oxygen atoms in total. The molecule has 0 aliphatic rings. The molecule has 0 aliphatic heterocycles. The number of halogens is 2. The zero-order valence-electron chi connectivity index (χ0n) is 13.6. The van der Waals surface area contributed by atoms with Crippen molar-refractivity contribution in [3.8, 4) is 5.75 Å². The molecule has 0 saturated heterocycles. The van der Waals surface area contributed by atoms with E-state index in [0.29, 0.717) is 11.6 Å². The van der Waals surface area contributed by atoms with Gasteiger partial charge >= 0.3 is 0 Å². The van der Waals surface area contributed by atoms with Crippen LogP contribution in [0.5, 0.6) is 5.75 Å². The molecule has 0 amide bonds. The number of fused-ring (bicyclic) bond motifs is 1. The van der Waals surface area contributed by atoms with Crippen molar-refractivity contribution in [1.82, 2.24) is 9.97 Å². The van der Waals surface area contributed by atoms with E-state index in [1.165, 1.54) is 12.1 Å². The molecule has 3 rings (SSSR count).